The summed E-state index contributed by atoms with van der Waals surface area (Å²) in [6, 6.07) is 19.7. The van der Waals surface area contributed by atoms with E-state index in [0.29, 0.717) is 18.8 Å². The average Bonchev–Trinajstić information content (AvgIpc) is 3.50. The molecule has 0 amide bonds. The minimum absolute atomic E-state index is 0.343. The first-order valence-corrected chi connectivity index (χ1v) is 7.99. The van der Waals surface area contributed by atoms with E-state index in [1.54, 1.807) is 0 Å². The largest absolute Gasteiger partial charge is 0.493 e. The summed E-state index contributed by atoms with van der Waals surface area (Å²) < 4.78 is 21.0. The highest BCUT2D eigenvalue weighted by atomic mass is 16.6. The van der Waals surface area contributed by atoms with Crippen molar-refractivity contribution in [1.29, 1.82) is 0 Å². The summed E-state index contributed by atoms with van der Waals surface area (Å²) in [7, 11) is 0. The Kier molecular flexibility index (Phi) is 5.89. The Hall–Kier alpha value is -2.04. The van der Waals surface area contributed by atoms with Crippen LogP contribution in [0, 0.1) is 0 Å². The van der Waals surface area contributed by atoms with Crippen molar-refractivity contribution in [2.45, 2.75) is 18.6 Å². The van der Waals surface area contributed by atoms with E-state index in [0.717, 1.165) is 37.7 Å². The monoisotopic (exact) mass is 314 g/mol. The summed E-state index contributed by atoms with van der Waals surface area (Å²) >= 11 is 0. The van der Waals surface area contributed by atoms with Crippen LogP contribution >= 0.6 is 0 Å². The molecule has 2 saturated heterocycles. The SMILES string of the molecule is c1ccc(OCC2CO2)cc1.c1ccc(OCCC2CO2)cc1. The molecule has 2 fully saturated rings. The second-order valence-corrected chi connectivity index (χ2v) is 5.48. The molecule has 0 saturated carbocycles. The fraction of sp³-hybridized carbons (Fsp3) is 0.368. The van der Waals surface area contributed by atoms with Crippen molar-refractivity contribution in [3.63, 3.8) is 0 Å². The fourth-order valence-corrected chi connectivity index (χ4v) is 1.93. The van der Waals surface area contributed by atoms with Crippen LogP contribution in [0.25, 0.3) is 0 Å². The lowest BCUT2D eigenvalue weighted by Crippen LogP contribution is -2.03. The zero-order valence-electron chi connectivity index (χ0n) is 13.1. The molecule has 4 nitrogen and oxygen atoms in total. The Labute approximate surface area is 136 Å². The molecule has 122 valence electrons. The molecule has 0 aromatic heterocycles. The molecule has 2 heterocycles. The molecule has 0 N–H and O–H groups in total. The number of para-hydroxylation sites is 2. The minimum atomic E-state index is 0.343. The van der Waals surface area contributed by atoms with Crippen molar-refractivity contribution in [2.24, 2.45) is 0 Å². The fourth-order valence-electron chi connectivity index (χ4n) is 1.93. The van der Waals surface area contributed by atoms with Crippen molar-refractivity contribution in [1.82, 2.24) is 0 Å². The third-order valence-corrected chi connectivity index (χ3v) is 3.44. The van der Waals surface area contributed by atoms with Crippen LogP contribution in [-0.4, -0.2) is 38.6 Å². The summed E-state index contributed by atoms with van der Waals surface area (Å²) in [4.78, 5) is 0. The van der Waals surface area contributed by atoms with Crippen LogP contribution < -0.4 is 9.47 Å². The van der Waals surface area contributed by atoms with Crippen molar-refractivity contribution in [3.05, 3.63) is 60.7 Å². The zero-order chi connectivity index (χ0) is 15.7. The maximum Gasteiger partial charge on any atom is 0.119 e. The predicted octanol–water partition coefficient (Wildman–Crippen LogP) is 3.32. The van der Waals surface area contributed by atoms with E-state index in [1.807, 2.05) is 60.7 Å². The molecule has 2 aromatic rings. The van der Waals surface area contributed by atoms with Gasteiger partial charge in [-0.15, -0.1) is 0 Å². The van der Waals surface area contributed by atoms with E-state index >= 15 is 0 Å². The molecule has 0 radical (unpaired) electrons. The van der Waals surface area contributed by atoms with Gasteiger partial charge < -0.3 is 18.9 Å². The first kappa shape index (κ1) is 15.8. The molecule has 2 aliphatic rings. The lowest BCUT2D eigenvalue weighted by Gasteiger charge is -2.03. The Balaban J connectivity index is 0.000000136. The highest BCUT2D eigenvalue weighted by Gasteiger charge is 2.23. The maximum absolute atomic E-state index is 5.48. The molecular formula is C19H22O4. The summed E-state index contributed by atoms with van der Waals surface area (Å²) in [6.07, 6.45) is 1.82. The summed E-state index contributed by atoms with van der Waals surface area (Å²) in [6.45, 7) is 3.21. The van der Waals surface area contributed by atoms with Gasteiger partial charge in [0.2, 0.25) is 0 Å². The third kappa shape index (κ3) is 6.72. The van der Waals surface area contributed by atoms with Gasteiger partial charge in [-0.1, -0.05) is 36.4 Å². The zero-order valence-corrected chi connectivity index (χ0v) is 13.1. The lowest BCUT2D eigenvalue weighted by atomic mass is 10.3. The smallest absolute Gasteiger partial charge is 0.119 e. The quantitative estimate of drug-likeness (QED) is 0.735. The summed E-state index contributed by atoms with van der Waals surface area (Å²) in [5.41, 5.74) is 0. The van der Waals surface area contributed by atoms with Crippen LogP contribution in [0.2, 0.25) is 0 Å². The van der Waals surface area contributed by atoms with E-state index in [2.05, 4.69) is 0 Å². The minimum Gasteiger partial charge on any atom is -0.493 e. The van der Waals surface area contributed by atoms with Gasteiger partial charge in [0.15, 0.2) is 0 Å². The van der Waals surface area contributed by atoms with Crippen LogP contribution in [0.4, 0.5) is 0 Å². The van der Waals surface area contributed by atoms with Gasteiger partial charge in [0.25, 0.3) is 0 Å². The van der Waals surface area contributed by atoms with Crippen LogP contribution in [0.15, 0.2) is 60.7 Å². The van der Waals surface area contributed by atoms with Gasteiger partial charge >= 0.3 is 0 Å². The van der Waals surface area contributed by atoms with Gasteiger partial charge in [-0.3, -0.25) is 0 Å². The van der Waals surface area contributed by atoms with Crippen LogP contribution in [0.5, 0.6) is 11.5 Å². The number of rotatable bonds is 7. The van der Waals surface area contributed by atoms with Gasteiger partial charge in [0.05, 0.1) is 25.9 Å². The molecule has 2 aromatic carbocycles. The molecule has 2 atom stereocenters. The maximum atomic E-state index is 5.48. The second-order valence-electron chi connectivity index (χ2n) is 5.48. The van der Waals surface area contributed by atoms with Gasteiger partial charge in [-0.25, -0.2) is 0 Å². The second kappa shape index (κ2) is 8.56. The predicted molar refractivity (Wildman–Crippen MR) is 88.0 cm³/mol. The molecule has 0 aliphatic carbocycles. The van der Waals surface area contributed by atoms with E-state index in [9.17, 15) is 0 Å². The van der Waals surface area contributed by atoms with Crippen LogP contribution in [0.1, 0.15) is 6.42 Å². The number of benzene rings is 2. The molecule has 0 bridgehead atoms. The molecule has 4 heteroatoms. The number of hydrogen-bond acceptors (Lipinski definition) is 4. The van der Waals surface area contributed by atoms with Crippen molar-refractivity contribution >= 4 is 0 Å². The molecule has 0 spiro atoms. The molecular weight excluding hydrogens is 292 g/mol. The standard InChI is InChI=1S/C10H12O2.C9H10O2/c1-2-4-9(5-3-1)11-7-6-10-8-12-10;1-2-4-8(5-3-1)10-6-9-7-11-9/h1-5,10H,6-8H2;1-5,9H,6-7H2. The highest BCUT2D eigenvalue weighted by Crippen LogP contribution is 2.15. The van der Waals surface area contributed by atoms with E-state index in [4.69, 9.17) is 18.9 Å². The number of ether oxygens (including phenoxy) is 4. The topological polar surface area (TPSA) is 43.5 Å². The summed E-state index contributed by atoms with van der Waals surface area (Å²) in [5.74, 6) is 1.86. The molecule has 4 rings (SSSR count). The average molecular weight is 314 g/mol. The van der Waals surface area contributed by atoms with Crippen molar-refractivity contribution < 1.29 is 18.9 Å². The number of hydrogen-bond donors (Lipinski definition) is 0. The van der Waals surface area contributed by atoms with Crippen LogP contribution in [0.3, 0.4) is 0 Å². The molecule has 2 aliphatic heterocycles. The highest BCUT2D eigenvalue weighted by molar-refractivity contribution is 5.21. The van der Waals surface area contributed by atoms with Gasteiger partial charge in [0, 0.05) is 6.42 Å². The number of epoxide rings is 2. The first-order chi connectivity index (χ1) is 11.4. The van der Waals surface area contributed by atoms with Gasteiger partial charge in [-0.2, -0.15) is 0 Å². The van der Waals surface area contributed by atoms with E-state index in [-0.39, 0.29) is 0 Å². The Morgan fingerprint density at radius 1 is 0.739 bits per heavy atom. The van der Waals surface area contributed by atoms with Crippen molar-refractivity contribution in [3.8, 4) is 11.5 Å². The molecule has 23 heavy (non-hydrogen) atoms. The van der Waals surface area contributed by atoms with E-state index in [1.165, 1.54) is 0 Å². The Morgan fingerprint density at radius 3 is 1.78 bits per heavy atom. The van der Waals surface area contributed by atoms with Gasteiger partial charge in [0.1, 0.15) is 24.2 Å². The normalized spacial score (nSPS) is 20.9. The van der Waals surface area contributed by atoms with E-state index < -0.39 is 0 Å². The first-order valence-electron chi connectivity index (χ1n) is 7.99. The van der Waals surface area contributed by atoms with Crippen molar-refractivity contribution in [2.75, 3.05) is 26.4 Å². The summed E-state index contributed by atoms with van der Waals surface area (Å²) in [5, 5.41) is 0. The Bertz CT molecular complexity index is 550. The molecule has 2 unspecified atom stereocenters. The lowest BCUT2D eigenvalue weighted by molar-refractivity contribution is 0.263. The Morgan fingerprint density at radius 2 is 1.26 bits per heavy atom. The third-order valence-electron chi connectivity index (χ3n) is 3.44. The van der Waals surface area contributed by atoms with Gasteiger partial charge in [-0.05, 0) is 24.3 Å². The van der Waals surface area contributed by atoms with Crippen LogP contribution in [-0.2, 0) is 9.47 Å².